The summed E-state index contributed by atoms with van der Waals surface area (Å²) < 4.78 is 9.16. The largest absolute Gasteiger partial charge is 0.494 e. The van der Waals surface area contributed by atoms with Crippen molar-refractivity contribution < 1.29 is 9.53 Å². The number of carbonyl (C=O) groups excluding carboxylic acids is 1. The lowest BCUT2D eigenvalue weighted by atomic mass is 9.99. The fraction of sp³-hybridized carbons (Fsp3) is 0.348. The van der Waals surface area contributed by atoms with Crippen LogP contribution in [0.3, 0.4) is 0 Å². The van der Waals surface area contributed by atoms with Gasteiger partial charge in [-0.2, -0.15) is 9.61 Å². The van der Waals surface area contributed by atoms with E-state index in [0.717, 1.165) is 34.7 Å². The molecule has 1 aliphatic rings. The molecule has 4 heterocycles. The first-order valence-electron chi connectivity index (χ1n) is 10.9. The summed E-state index contributed by atoms with van der Waals surface area (Å²) in [6, 6.07) is 9.34. The second-order valence-electron chi connectivity index (χ2n) is 8.12. The van der Waals surface area contributed by atoms with Crippen LogP contribution < -0.4 is 15.0 Å². The number of hydrogen-bond acceptors (Lipinski definition) is 7. The molecule has 1 aromatic carbocycles. The Balaban J connectivity index is 1.67. The Morgan fingerprint density at radius 1 is 1.12 bits per heavy atom. The van der Waals surface area contributed by atoms with Gasteiger partial charge in [-0.25, -0.2) is 0 Å². The average molecular weight is 447 g/mol. The highest BCUT2D eigenvalue weighted by atomic mass is 16.5. The molecule has 10 heteroatoms. The Kier molecular flexibility index (Phi) is 4.99. The van der Waals surface area contributed by atoms with Crippen LogP contribution in [0.15, 0.2) is 30.3 Å². The van der Waals surface area contributed by atoms with Crippen molar-refractivity contribution in [1.82, 2.24) is 29.6 Å². The number of aromatic nitrogens is 6. The topological polar surface area (TPSA) is 102 Å². The highest BCUT2D eigenvalue weighted by Crippen LogP contribution is 2.43. The number of hydrogen-bond donors (Lipinski definition) is 1. The van der Waals surface area contributed by atoms with Gasteiger partial charge in [-0.15, -0.1) is 15.3 Å². The van der Waals surface area contributed by atoms with Crippen LogP contribution in [0.25, 0.3) is 5.65 Å². The van der Waals surface area contributed by atoms with E-state index in [9.17, 15) is 4.79 Å². The summed E-state index contributed by atoms with van der Waals surface area (Å²) in [5.74, 6) is 1.74. The summed E-state index contributed by atoms with van der Waals surface area (Å²) in [5, 5.41) is 20.7. The second-order valence-corrected chi connectivity index (χ2v) is 8.12. The van der Waals surface area contributed by atoms with Crippen molar-refractivity contribution >= 4 is 23.1 Å². The second kappa shape index (κ2) is 7.88. The molecule has 4 aromatic rings. The van der Waals surface area contributed by atoms with Gasteiger partial charge in [-0.1, -0.05) is 19.1 Å². The maximum atomic E-state index is 13.6. The fourth-order valence-corrected chi connectivity index (χ4v) is 4.26. The van der Waals surface area contributed by atoms with Crippen LogP contribution in [0, 0.1) is 13.8 Å². The first kappa shape index (κ1) is 20.9. The molecule has 170 valence electrons. The van der Waals surface area contributed by atoms with Crippen LogP contribution in [-0.2, 0) is 7.05 Å². The third kappa shape index (κ3) is 3.21. The Hall–Kier alpha value is -3.95. The van der Waals surface area contributed by atoms with Gasteiger partial charge in [0.2, 0.25) is 5.65 Å². The lowest BCUT2D eigenvalue weighted by Gasteiger charge is -2.26. The first-order chi connectivity index (χ1) is 15.9. The number of rotatable bonds is 6. The maximum Gasteiger partial charge on any atom is 0.281 e. The monoisotopic (exact) mass is 446 g/mol. The normalized spacial score (nSPS) is 15.4. The zero-order valence-electron chi connectivity index (χ0n) is 19.3. The average Bonchev–Trinajstić information content (AvgIpc) is 3.44. The van der Waals surface area contributed by atoms with Crippen molar-refractivity contribution in [3.63, 3.8) is 0 Å². The van der Waals surface area contributed by atoms with Crippen LogP contribution in [0.4, 0.5) is 11.5 Å². The molecule has 0 saturated carbocycles. The van der Waals surface area contributed by atoms with Gasteiger partial charge in [0, 0.05) is 31.4 Å². The minimum Gasteiger partial charge on any atom is -0.494 e. The van der Waals surface area contributed by atoms with Crippen molar-refractivity contribution in [2.24, 2.45) is 7.05 Å². The molecule has 5 rings (SSSR count). The molecule has 0 bridgehead atoms. The molecule has 0 radical (unpaired) electrons. The van der Waals surface area contributed by atoms with E-state index < -0.39 is 0 Å². The summed E-state index contributed by atoms with van der Waals surface area (Å²) in [4.78, 5) is 15.3. The predicted molar refractivity (Wildman–Crippen MR) is 124 cm³/mol. The molecule has 3 aromatic heterocycles. The van der Waals surface area contributed by atoms with Gasteiger partial charge in [0.15, 0.2) is 17.3 Å². The SMILES string of the molecule is CCCOc1ccc(C2c3c(nn(C)c3C)C(=O)N2c2cc(NC)c3nnc(C)n3n2)cc1. The number of benzene rings is 1. The summed E-state index contributed by atoms with van der Waals surface area (Å²) in [6.45, 7) is 6.54. The molecule has 1 atom stereocenters. The van der Waals surface area contributed by atoms with E-state index in [1.807, 2.05) is 58.3 Å². The molecule has 1 unspecified atom stereocenters. The number of aryl methyl sites for hydroxylation is 2. The fourth-order valence-electron chi connectivity index (χ4n) is 4.26. The predicted octanol–water partition coefficient (Wildman–Crippen LogP) is 3.05. The molecule has 0 spiro atoms. The Labute approximate surface area is 191 Å². The number of anilines is 2. The van der Waals surface area contributed by atoms with Crippen molar-refractivity contribution in [2.75, 3.05) is 23.9 Å². The summed E-state index contributed by atoms with van der Waals surface area (Å²) in [7, 11) is 3.66. The molecule has 0 fully saturated rings. The van der Waals surface area contributed by atoms with Gasteiger partial charge < -0.3 is 10.1 Å². The van der Waals surface area contributed by atoms with Gasteiger partial charge in [-0.3, -0.25) is 14.4 Å². The zero-order chi connectivity index (χ0) is 23.3. The number of ether oxygens (including phenoxy) is 1. The van der Waals surface area contributed by atoms with Crippen molar-refractivity contribution in [3.8, 4) is 5.75 Å². The lowest BCUT2D eigenvalue weighted by Crippen LogP contribution is -2.31. The minimum atomic E-state index is -0.368. The van der Waals surface area contributed by atoms with Gasteiger partial charge in [0.05, 0.1) is 18.3 Å². The number of amides is 1. The number of nitrogens with zero attached hydrogens (tertiary/aromatic N) is 7. The standard InChI is InChI=1S/C23H26N8O2/c1-6-11-33-16-9-7-15(8-10-16)21-19-13(2)29(5)28-20(19)23(32)30(21)18-12-17(24-4)22-26-25-14(3)31(22)27-18/h7-10,12,21,24H,6,11H2,1-5H3. The molecule has 10 nitrogen and oxygen atoms in total. The first-order valence-corrected chi connectivity index (χ1v) is 10.9. The maximum absolute atomic E-state index is 13.6. The molecule has 1 N–H and O–H groups in total. The molecular formula is C23H26N8O2. The molecule has 33 heavy (non-hydrogen) atoms. The number of fused-ring (bicyclic) bond motifs is 2. The van der Waals surface area contributed by atoms with Crippen molar-refractivity contribution in [1.29, 1.82) is 0 Å². The third-order valence-corrected chi connectivity index (χ3v) is 6.03. The smallest absolute Gasteiger partial charge is 0.281 e. The molecule has 1 aliphatic heterocycles. The van der Waals surface area contributed by atoms with Crippen LogP contribution >= 0.6 is 0 Å². The van der Waals surface area contributed by atoms with E-state index >= 15 is 0 Å². The highest BCUT2D eigenvalue weighted by Gasteiger charge is 2.44. The lowest BCUT2D eigenvalue weighted by molar-refractivity contribution is 0.0987. The molecular weight excluding hydrogens is 420 g/mol. The van der Waals surface area contributed by atoms with Crippen molar-refractivity contribution in [2.45, 2.75) is 33.2 Å². The van der Waals surface area contributed by atoms with Crippen LogP contribution in [0.2, 0.25) is 0 Å². The van der Waals surface area contributed by atoms with Gasteiger partial charge in [0.1, 0.15) is 5.75 Å². The quantitative estimate of drug-likeness (QED) is 0.486. The summed E-state index contributed by atoms with van der Waals surface area (Å²) in [6.07, 6.45) is 0.940. The van der Waals surface area contributed by atoms with Gasteiger partial charge >= 0.3 is 0 Å². The van der Waals surface area contributed by atoms with Crippen molar-refractivity contribution in [3.05, 3.63) is 58.7 Å². The molecule has 0 saturated heterocycles. The Bertz CT molecular complexity index is 1360. The van der Waals surface area contributed by atoms with E-state index in [4.69, 9.17) is 9.84 Å². The van der Waals surface area contributed by atoms with Crippen LogP contribution in [0.5, 0.6) is 5.75 Å². The Morgan fingerprint density at radius 3 is 2.58 bits per heavy atom. The van der Waals surface area contributed by atoms with E-state index in [0.29, 0.717) is 29.6 Å². The van der Waals surface area contributed by atoms with E-state index in [1.54, 1.807) is 14.1 Å². The summed E-state index contributed by atoms with van der Waals surface area (Å²) in [5.41, 5.74) is 4.56. The van der Waals surface area contributed by atoms with E-state index in [2.05, 4.69) is 27.5 Å². The number of carbonyl (C=O) groups is 1. The third-order valence-electron chi connectivity index (χ3n) is 6.03. The Morgan fingerprint density at radius 2 is 1.88 bits per heavy atom. The van der Waals surface area contributed by atoms with Crippen LogP contribution in [0.1, 0.15) is 52.5 Å². The molecule has 1 amide bonds. The highest BCUT2D eigenvalue weighted by molar-refractivity contribution is 6.10. The number of nitrogens with one attached hydrogen (secondary N) is 1. The van der Waals surface area contributed by atoms with Crippen LogP contribution in [-0.4, -0.2) is 49.2 Å². The van der Waals surface area contributed by atoms with E-state index in [-0.39, 0.29) is 11.9 Å². The zero-order valence-corrected chi connectivity index (χ0v) is 19.3. The van der Waals surface area contributed by atoms with Gasteiger partial charge in [-0.05, 0) is 38.0 Å². The minimum absolute atomic E-state index is 0.190. The molecule has 0 aliphatic carbocycles. The van der Waals surface area contributed by atoms with Gasteiger partial charge in [0.25, 0.3) is 5.91 Å². The summed E-state index contributed by atoms with van der Waals surface area (Å²) >= 11 is 0. The van der Waals surface area contributed by atoms with E-state index in [1.165, 1.54) is 0 Å².